The first kappa shape index (κ1) is 12.7. The van der Waals surface area contributed by atoms with E-state index < -0.39 is 0 Å². The molecular formula is C14H24N2O. The molecule has 1 aliphatic heterocycles. The summed E-state index contributed by atoms with van der Waals surface area (Å²) in [5.41, 5.74) is 0. The van der Waals surface area contributed by atoms with Gasteiger partial charge in [-0.3, -0.25) is 0 Å². The third-order valence-electron chi connectivity index (χ3n) is 3.58. The topological polar surface area (TPSA) is 28.4 Å². The molecule has 0 amide bonds. The monoisotopic (exact) mass is 236 g/mol. The summed E-state index contributed by atoms with van der Waals surface area (Å²) in [5.74, 6) is 1.96. The van der Waals surface area contributed by atoms with Crippen LogP contribution in [0, 0.1) is 5.92 Å². The van der Waals surface area contributed by atoms with E-state index in [2.05, 4.69) is 17.1 Å². The Morgan fingerprint density at radius 1 is 1.41 bits per heavy atom. The molecule has 1 aliphatic rings. The van der Waals surface area contributed by atoms with Gasteiger partial charge in [-0.1, -0.05) is 6.92 Å². The van der Waals surface area contributed by atoms with Crippen molar-refractivity contribution in [3.63, 3.8) is 0 Å². The lowest BCUT2D eigenvalue weighted by molar-refractivity contribution is 0.190. The highest BCUT2D eigenvalue weighted by Gasteiger charge is 2.14. The number of hydrogen-bond acceptors (Lipinski definition) is 3. The van der Waals surface area contributed by atoms with Crippen LogP contribution in [0.2, 0.25) is 0 Å². The highest BCUT2D eigenvalue weighted by atomic mass is 16.3. The smallest absolute Gasteiger partial charge is 0.117 e. The van der Waals surface area contributed by atoms with E-state index in [0.29, 0.717) is 0 Å². The molecule has 0 saturated carbocycles. The lowest BCUT2D eigenvalue weighted by Gasteiger charge is -2.30. The molecule has 1 aromatic rings. The molecule has 0 aromatic carbocycles. The van der Waals surface area contributed by atoms with E-state index in [1.807, 2.05) is 12.1 Å². The Morgan fingerprint density at radius 3 is 2.94 bits per heavy atom. The number of nitrogens with one attached hydrogen (secondary N) is 1. The third kappa shape index (κ3) is 4.52. The van der Waals surface area contributed by atoms with Gasteiger partial charge in [0.2, 0.25) is 0 Å². The maximum atomic E-state index is 5.27. The van der Waals surface area contributed by atoms with Crippen molar-refractivity contribution in [1.82, 2.24) is 10.2 Å². The molecule has 3 nitrogen and oxygen atoms in total. The normalized spacial score (nSPS) is 18.6. The van der Waals surface area contributed by atoms with Crippen molar-refractivity contribution in [2.75, 3.05) is 26.2 Å². The molecule has 0 atom stereocenters. The Balaban J connectivity index is 1.49. The lowest BCUT2D eigenvalue weighted by atomic mass is 9.99. The van der Waals surface area contributed by atoms with Crippen LogP contribution in [0.25, 0.3) is 0 Å². The Bertz CT molecular complexity index is 289. The van der Waals surface area contributed by atoms with Gasteiger partial charge in [0.05, 0.1) is 12.8 Å². The Morgan fingerprint density at radius 2 is 2.24 bits per heavy atom. The molecule has 2 heterocycles. The van der Waals surface area contributed by atoms with Crippen molar-refractivity contribution in [2.45, 2.75) is 32.7 Å². The zero-order chi connectivity index (χ0) is 11.9. The van der Waals surface area contributed by atoms with Gasteiger partial charge in [-0.05, 0) is 63.5 Å². The molecule has 0 radical (unpaired) electrons. The fraction of sp³-hybridized carbons (Fsp3) is 0.714. The fourth-order valence-electron chi connectivity index (χ4n) is 2.34. The number of hydrogen-bond donors (Lipinski definition) is 1. The minimum absolute atomic E-state index is 0.851. The summed E-state index contributed by atoms with van der Waals surface area (Å²) in [5, 5.41) is 3.42. The molecule has 1 saturated heterocycles. The van der Waals surface area contributed by atoms with Crippen LogP contribution in [-0.2, 0) is 6.54 Å². The van der Waals surface area contributed by atoms with E-state index in [9.17, 15) is 0 Å². The zero-order valence-electron chi connectivity index (χ0n) is 10.8. The molecule has 2 rings (SSSR count). The second kappa shape index (κ2) is 6.82. The van der Waals surface area contributed by atoms with Gasteiger partial charge in [0, 0.05) is 0 Å². The van der Waals surface area contributed by atoms with Gasteiger partial charge >= 0.3 is 0 Å². The van der Waals surface area contributed by atoms with Crippen molar-refractivity contribution in [3.05, 3.63) is 24.2 Å². The first-order chi connectivity index (χ1) is 8.34. The van der Waals surface area contributed by atoms with Crippen LogP contribution < -0.4 is 5.32 Å². The molecule has 96 valence electrons. The zero-order valence-corrected chi connectivity index (χ0v) is 10.8. The van der Waals surface area contributed by atoms with Gasteiger partial charge in [0.15, 0.2) is 0 Å². The Labute approximate surface area is 104 Å². The van der Waals surface area contributed by atoms with Crippen LogP contribution in [0.3, 0.4) is 0 Å². The van der Waals surface area contributed by atoms with Crippen molar-refractivity contribution in [1.29, 1.82) is 0 Å². The second-order valence-corrected chi connectivity index (χ2v) is 5.13. The fourth-order valence-corrected chi connectivity index (χ4v) is 2.34. The van der Waals surface area contributed by atoms with Gasteiger partial charge in [-0.25, -0.2) is 0 Å². The molecular weight excluding hydrogens is 212 g/mol. The molecule has 1 N–H and O–H groups in total. The summed E-state index contributed by atoms with van der Waals surface area (Å²) in [6, 6.07) is 3.95. The maximum absolute atomic E-state index is 5.27. The van der Waals surface area contributed by atoms with E-state index in [1.54, 1.807) is 6.26 Å². The lowest BCUT2D eigenvalue weighted by Crippen LogP contribution is -2.34. The summed E-state index contributed by atoms with van der Waals surface area (Å²) < 4.78 is 5.27. The molecule has 3 heteroatoms. The van der Waals surface area contributed by atoms with Crippen LogP contribution in [0.5, 0.6) is 0 Å². The third-order valence-corrected chi connectivity index (χ3v) is 3.58. The second-order valence-electron chi connectivity index (χ2n) is 5.13. The summed E-state index contributed by atoms with van der Waals surface area (Å²) >= 11 is 0. The van der Waals surface area contributed by atoms with Crippen molar-refractivity contribution in [2.24, 2.45) is 5.92 Å². The highest BCUT2D eigenvalue weighted by Crippen LogP contribution is 2.15. The average Bonchev–Trinajstić information content (AvgIpc) is 2.84. The van der Waals surface area contributed by atoms with Crippen LogP contribution in [0.15, 0.2) is 22.8 Å². The molecule has 0 aliphatic carbocycles. The first-order valence-electron chi connectivity index (χ1n) is 6.80. The van der Waals surface area contributed by atoms with Crippen LogP contribution in [-0.4, -0.2) is 31.1 Å². The predicted molar refractivity (Wildman–Crippen MR) is 69.9 cm³/mol. The Kier molecular flexibility index (Phi) is 5.08. The van der Waals surface area contributed by atoms with Crippen molar-refractivity contribution < 1.29 is 4.42 Å². The maximum Gasteiger partial charge on any atom is 0.117 e. The molecule has 1 aromatic heterocycles. The number of nitrogens with zero attached hydrogens (tertiary/aromatic N) is 1. The van der Waals surface area contributed by atoms with Gasteiger partial charge in [-0.2, -0.15) is 0 Å². The quantitative estimate of drug-likeness (QED) is 0.769. The number of rotatable bonds is 6. The van der Waals surface area contributed by atoms with Gasteiger partial charge in [0.25, 0.3) is 0 Å². The van der Waals surface area contributed by atoms with Gasteiger partial charge in [-0.15, -0.1) is 0 Å². The minimum Gasteiger partial charge on any atom is -0.468 e. The Hall–Kier alpha value is -0.800. The summed E-state index contributed by atoms with van der Waals surface area (Å²) in [6.07, 6.45) is 5.71. The van der Waals surface area contributed by atoms with E-state index in [4.69, 9.17) is 4.42 Å². The largest absolute Gasteiger partial charge is 0.468 e. The molecule has 0 bridgehead atoms. The first-order valence-corrected chi connectivity index (χ1v) is 6.80. The van der Waals surface area contributed by atoms with E-state index >= 15 is 0 Å². The number of piperidine rings is 1. The summed E-state index contributed by atoms with van der Waals surface area (Å²) in [7, 11) is 0. The van der Waals surface area contributed by atoms with E-state index in [-0.39, 0.29) is 0 Å². The van der Waals surface area contributed by atoms with Crippen LogP contribution >= 0.6 is 0 Å². The predicted octanol–water partition coefficient (Wildman–Crippen LogP) is 2.49. The van der Waals surface area contributed by atoms with Crippen molar-refractivity contribution in [3.8, 4) is 0 Å². The molecule has 0 unspecified atom stereocenters. The number of furan rings is 1. The molecule has 17 heavy (non-hydrogen) atoms. The average molecular weight is 236 g/mol. The SMILES string of the molecule is CC1CCN(CCCNCc2ccco2)CC1. The van der Waals surface area contributed by atoms with Gasteiger partial charge < -0.3 is 14.6 Å². The molecule has 1 fully saturated rings. The summed E-state index contributed by atoms with van der Waals surface area (Å²) in [4.78, 5) is 2.59. The standard InChI is InChI=1S/C14H24N2O/c1-13-5-9-16(10-6-13)8-3-7-15-12-14-4-2-11-17-14/h2,4,11,13,15H,3,5-10,12H2,1H3. The van der Waals surface area contributed by atoms with Crippen molar-refractivity contribution >= 4 is 0 Å². The van der Waals surface area contributed by atoms with E-state index in [1.165, 1.54) is 38.9 Å². The van der Waals surface area contributed by atoms with Gasteiger partial charge in [0.1, 0.15) is 5.76 Å². The van der Waals surface area contributed by atoms with E-state index in [0.717, 1.165) is 24.8 Å². The van der Waals surface area contributed by atoms with Crippen LogP contribution in [0.1, 0.15) is 31.9 Å². The van der Waals surface area contributed by atoms with Crippen LogP contribution in [0.4, 0.5) is 0 Å². The highest BCUT2D eigenvalue weighted by molar-refractivity contribution is 4.97. The number of likely N-dealkylation sites (tertiary alicyclic amines) is 1. The minimum atomic E-state index is 0.851. The summed E-state index contributed by atoms with van der Waals surface area (Å²) in [6.45, 7) is 8.11. The molecule has 0 spiro atoms.